The third kappa shape index (κ3) is 3.73. The Bertz CT molecular complexity index is 983. The van der Waals surface area contributed by atoms with Crippen molar-refractivity contribution in [3.63, 3.8) is 0 Å². The number of nitrogens with zero attached hydrogens (tertiary/aromatic N) is 4. The van der Waals surface area contributed by atoms with Crippen LogP contribution in [0.5, 0.6) is 0 Å². The Hall–Kier alpha value is -2.12. The van der Waals surface area contributed by atoms with Crippen LogP contribution in [0, 0.1) is 20.9 Å². The summed E-state index contributed by atoms with van der Waals surface area (Å²) >= 11 is 12.3. The van der Waals surface area contributed by atoms with Crippen molar-refractivity contribution < 1.29 is 4.92 Å². The summed E-state index contributed by atoms with van der Waals surface area (Å²) in [6, 6.07) is 5.30. The molecule has 4 rings (SSSR count). The average molecular weight is 436 g/mol. The first-order chi connectivity index (χ1) is 13.6. The molecule has 2 fully saturated rings. The molecule has 0 radical (unpaired) electrons. The number of nitro groups is 1. The third-order valence-corrected chi connectivity index (χ3v) is 6.70. The van der Waals surface area contributed by atoms with E-state index in [1.165, 1.54) is 6.33 Å². The number of rotatable bonds is 4. The number of anilines is 3. The molecule has 9 heteroatoms. The minimum Gasteiger partial charge on any atom is -0.347 e. The van der Waals surface area contributed by atoms with Crippen molar-refractivity contribution in [2.75, 3.05) is 16.8 Å². The van der Waals surface area contributed by atoms with E-state index in [0.717, 1.165) is 25.8 Å². The molecule has 2 heterocycles. The van der Waals surface area contributed by atoms with Crippen molar-refractivity contribution >= 4 is 46.2 Å². The molecule has 1 saturated carbocycles. The summed E-state index contributed by atoms with van der Waals surface area (Å²) in [5.41, 5.74) is 0.635. The lowest BCUT2D eigenvalue weighted by Crippen LogP contribution is -2.35. The fraction of sp³-hybridized carbons (Fsp3) is 0.500. The Balaban J connectivity index is 1.75. The highest BCUT2D eigenvalue weighted by atomic mass is 35.5. The van der Waals surface area contributed by atoms with Crippen molar-refractivity contribution in [3.05, 3.63) is 44.7 Å². The first-order valence-corrected chi connectivity index (χ1v) is 10.3. The van der Waals surface area contributed by atoms with Gasteiger partial charge in [0.25, 0.3) is 0 Å². The molecule has 2 aromatic rings. The van der Waals surface area contributed by atoms with E-state index in [1.807, 2.05) is 0 Å². The standard InChI is InChI=1S/C20H23Cl2N5O2/c1-19(2)7-12-8-20(3,9-19)10-26(12)18-16(27(28)29)17(23-11-24-18)25-14-6-4-5-13(21)15(14)22/h4-6,11-12H,7-10H2,1-3H3,(H,23,24,25). The second-order valence-electron chi connectivity index (χ2n) is 9.22. The van der Waals surface area contributed by atoms with E-state index in [1.54, 1.807) is 18.2 Å². The molecule has 1 aliphatic carbocycles. The summed E-state index contributed by atoms with van der Waals surface area (Å²) in [6.45, 7) is 7.54. The SMILES string of the molecule is CC1(C)CC2CC(C)(CN2c2ncnc(Nc3cccc(Cl)c3Cl)c2[N+](=O)[O-])C1. The molecule has 1 aromatic heterocycles. The van der Waals surface area contributed by atoms with Gasteiger partial charge in [0.1, 0.15) is 6.33 Å². The predicted molar refractivity (Wildman–Crippen MR) is 115 cm³/mol. The molecule has 2 unspecified atom stereocenters. The molecule has 7 nitrogen and oxygen atoms in total. The summed E-state index contributed by atoms with van der Waals surface area (Å²) in [7, 11) is 0. The van der Waals surface area contributed by atoms with Crippen LogP contribution in [-0.2, 0) is 0 Å². The van der Waals surface area contributed by atoms with Crippen LogP contribution in [0.15, 0.2) is 24.5 Å². The number of benzene rings is 1. The molecular weight excluding hydrogens is 413 g/mol. The Morgan fingerprint density at radius 1 is 1.24 bits per heavy atom. The number of fused-ring (bicyclic) bond motifs is 2. The van der Waals surface area contributed by atoms with Gasteiger partial charge in [-0.15, -0.1) is 0 Å². The fourth-order valence-electron chi connectivity index (χ4n) is 5.27. The van der Waals surface area contributed by atoms with E-state index in [0.29, 0.717) is 16.5 Å². The topological polar surface area (TPSA) is 84.2 Å². The summed E-state index contributed by atoms with van der Waals surface area (Å²) in [6.07, 6.45) is 4.45. The maximum atomic E-state index is 12.0. The summed E-state index contributed by atoms with van der Waals surface area (Å²) < 4.78 is 0. The molecule has 1 aromatic carbocycles. The normalized spacial score (nSPS) is 25.1. The van der Waals surface area contributed by atoms with Crippen molar-refractivity contribution in [2.45, 2.75) is 46.1 Å². The van der Waals surface area contributed by atoms with Crippen molar-refractivity contribution in [3.8, 4) is 0 Å². The van der Waals surface area contributed by atoms with Crippen LogP contribution in [0.4, 0.5) is 23.0 Å². The molecule has 2 atom stereocenters. The first kappa shape index (κ1) is 20.2. The van der Waals surface area contributed by atoms with Crippen LogP contribution in [-0.4, -0.2) is 27.5 Å². The van der Waals surface area contributed by atoms with Crippen LogP contribution in [0.25, 0.3) is 0 Å². The van der Waals surface area contributed by atoms with Crippen molar-refractivity contribution in [2.24, 2.45) is 10.8 Å². The molecule has 1 saturated heterocycles. The van der Waals surface area contributed by atoms with Crippen LogP contribution in [0.2, 0.25) is 10.0 Å². The summed E-state index contributed by atoms with van der Waals surface area (Å²) in [5.74, 6) is 0.465. The first-order valence-electron chi connectivity index (χ1n) is 9.56. The third-order valence-electron chi connectivity index (χ3n) is 5.88. The summed E-state index contributed by atoms with van der Waals surface area (Å²) in [5, 5.41) is 15.7. The molecule has 2 aliphatic rings. The van der Waals surface area contributed by atoms with Crippen LogP contribution >= 0.6 is 23.2 Å². The molecule has 0 spiro atoms. The van der Waals surface area contributed by atoms with Crippen LogP contribution < -0.4 is 10.2 Å². The largest absolute Gasteiger partial charge is 0.353 e. The van der Waals surface area contributed by atoms with Gasteiger partial charge >= 0.3 is 5.69 Å². The molecule has 1 aliphatic heterocycles. The van der Waals surface area contributed by atoms with Gasteiger partial charge < -0.3 is 10.2 Å². The van der Waals surface area contributed by atoms with Crippen molar-refractivity contribution in [1.29, 1.82) is 0 Å². The van der Waals surface area contributed by atoms with Gasteiger partial charge in [0.15, 0.2) is 0 Å². The van der Waals surface area contributed by atoms with Gasteiger partial charge in [-0.25, -0.2) is 9.97 Å². The fourth-order valence-corrected chi connectivity index (χ4v) is 5.62. The maximum Gasteiger partial charge on any atom is 0.353 e. The van der Waals surface area contributed by atoms with Gasteiger partial charge in [-0.05, 0) is 42.2 Å². The van der Waals surface area contributed by atoms with E-state index < -0.39 is 4.92 Å². The van der Waals surface area contributed by atoms with Crippen LogP contribution in [0.1, 0.15) is 40.0 Å². The molecule has 29 heavy (non-hydrogen) atoms. The highest BCUT2D eigenvalue weighted by Gasteiger charge is 2.51. The van der Waals surface area contributed by atoms with Gasteiger partial charge in [0.2, 0.25) is 11.6 Å². The summed E-state index contributed by atoms with van der Waals surface area (Å²) in [4.78, 5) is 22.2. The lowest BCUT2D eigenvalue weighted by atomic mass is 9.65. The Morgan fingerprint density at radius 2 is 2.00 bits per heavy atom. The van der Waals surface area contributed by atoms with Gasteiger partial charge in [-0.1, -0.05) is 50.0 Å². The molecule has 1 N–H and O–H groups in total. The Labute approximate surface area is 179 Å². The Kier molecular flexibility index (Phi) is 4.86. The van der Waals surface area contributed by atoms with E-state index in [4.69, 9.17) is 23.2 Å². The second-order valence-corrected chi connectivity index (χ2v) is 10.0. The minimum absolute atomic E-state index is 0.107. The van der Waals surface area contributed by atoms with Gasteiger partial charge in [-0.2, -0.15) is 0 Å². The quantitative estimate of drug-likeness (QED) is 0.479. The highest BCUT2D eigenvalue weighted by Crippen LogP contribution is 2.54. The van der Waals surface area contributed by atoms with Gasteiger partial charge in [-0.3, -0.25) is 10.1 Å². The molecule has 2 bridgehead atoms. The smallest absolute Gasteiger partial charge is 0.347 e. The van der Waals surface area contributed by atoms with Gasteiger partial charge in [0, 0.05) is 12.6 Å². The monoisotopic (exact) mass is 435 g/mol. The van der Waals surface area contributed by atoms with Crippen molar-refractivity contribution in [1.82, 2.24) is 9.97 Å². The number of hydrogen-bond acceptors (Lipinski definition) is 6. The zero-order valence-electron chi connectivity index (χ0n) is 16.6. The lowest BCUT2D eigenvalue weighted by Gasteiger charge is -2.39. The molecule has 154 valence electrons. The minimum atomic E-state index is -0.425. The maximum absolute atomic E-state index is 12.0. The zero-order chi connectivity index (χ0) is 21.0. The average Bonchev–Trinajstić information content (AvgIpc) is 2.87. The Morgan fingerprint density at radius 3 is 2.72 bits per heavy atom. The second kappa shape index (κ2) is 6.99. The van der Waals surface area contributed by atoms with E-state index in [-0.39, 0.29) is 33.4 Å². The van der Waals surface area contributed by atoms with E-state index in [9.17, 15) is 10.1 Å². The number of aromatic nitrogens is 2. The van der Waals surface area contributed by atoms with E-state index >= 15 is 0 Å². The lowest BCUT2D eigenvalue weighted by molar-refractivity contribution is -0.383. The number of nitrogens with one attached hydrogen (secondary N) is 1. The highest BCUT2D eigenvalue weighted by molar-refractivity contribution is 6.43. The number of hydrogen-bond donors (Lipinski definition) is 1. The molecular formula is C20H23Cl2N5O2. The van der Waals surface area contributed by atoms with Gasteiger partial charge in [0.05, 0.1) is 20.7 Å². The zero-order valence-corrected chi connectivity index (χ0v) is 18.1. The van der Waals surface area contributed by atoms with E-state index in [2.05, 4.69) is 41.0 Å². The van der Waals surface area contributed by atoms with Crippen LogP contribution in [0.3, 0.4) is 0 Å². The predicted octanol–water partition coefficient (Wildman–Crippen LogP) is 5.84. The number of halogens is 2. The molecule has 0 amide bonds.